The van der Waals surface area contributed by atoms with E-state index in [2.05, 4.69) is 30.5 Å². The number of nitrogens with one attached hydrogen (secondary N) is 1. The summed E-state index contributed by atoms with van der Waals surface area (Å²) in [4.78, 5) is 18.8. The fourth-order valence-electron chi connectivity index (χ4n) is 3.49. The molecule has 1 aliphatic heterocycles. The molecule has 0 saturated carbocycles. The molecule has 1 fully saturated rings. The quantitative estimate of drug-likeness (QED) is 0.654. The van der Waals surface area contributed by atoms with Gasteiger partial charge in [0.15, 0.2) is 11.5 Å². The van der Waals surface area contributed by atoms with Crippen LogP contribution in [0.4, 0.5) is 5.82 Å². The van der Waals surface area contributed by atoms with E-state index in [9.17, 15) is 4.79 Å². The van der Waals surface area contributed by atoms with Gasteiger partial charge < -0.3 is 14.8 Å². The molecule has 27 heavy (non-hydrogen) atoms. The summed E-state index contributed by atoms with van der Waals surface area (Å²) in [5, 5.41) is 15.8. The number of hydrogen-bond acceptors (Lipinski definition) is 6. The molecule has 1 amide bonds. The number of amides is 1. The van der Waals surface area contributed by atoms with Crippen LogP contribution >= 0.6 is 0 Å². The summed E-state index contributed by atoms with van der Waals surface area (Å²) in [5.41, 5.74) is 0.737. The average molecular weight is 368 g/mol. The summed E-state index contributed by atoms with van der Waals surface area (Å²) in [6, 6.07) is 3.87. The maximum Gasteiger partial charge on any atom is 0.224 e. The van der Waals surface area contributed by atoms with Gasteiger partial charge in [0.2, 0.25) is 5.91 Å². The molecule has 1 N–H and O–H groups in total. The second kappa shape index (κ2) is 7.73. The monoisotopic (exact) mass is 368 g/mol. The minimum atomic E-state index is -0.00787. The third-order valence-electron chi connectivity index (χ3n) is 4.97. The van der Waals surface area contributed by atoms with Gasteiger partial charge in [0.05, 0.1) is 12.2 Å². The summed E-state index contributed by atoms with van der Waals surface area (Å²) in [7, 11) is 0. The van der Waals surface area contributed by atoms with Crippen molar-refractivity contribution in [3.63, 3.8) is 0 Å². The van der Waals surface area contributed by atoms with Crippen molar-refractivity contribution < 1.29 is 4.79 Å². The number of aromatic nitrogens is 6. The van der Waals surface area contributed by atoms with Gasteiger partial charge in [-0.2, -0.15) is 4.52 Å². The molecule has 0 aromatic carbocycles. The highest BCUT2D eigenvalue weighted by Gasteiger charge is 2.26. The van der Waals surface area contributed by atoms with Crippen molar-refractivity contribution in [1.82, 2.24) is 34.7 Å². The molecule has 3 aromatic heterocycles. The molecule has 0 aliphatic carbocycles. The lowest BCUT2D eigenvalue weighted by Crippen LogP contribution is -2.43. The Kier molecular flexibility index (Phi) is 4.99. The van der Waals surface area contributed by atoms with Crippen molar-refractivity contribution in [2.24, 2.45) is 5.92 Å². The van der Waals surface area contributed by atoms with Gasteiger partial charge in [0, 0.05) is 38.6 Å². The number of imidazole rings is 1. The van der Waals surface area contributed by atoms with Crippen LogP contribution in [-0.2, 0) is 11.3 Å². The predicted octanol–water partition coefficient (Wildman–Crippen LogP) is 1.05. The van der Waals surface area contributed by atoms with Crippen LogP contribution < -0.4 is 10.2 Å². The van der Waals surface area contributed by atoms with E-state index in [1.807, 2.05) is 29.8 Å². The first kappa shape index (κ1) is 17.4. The molecule has 142 valence electrons. The molecule has 1 unspecified atom stereocenters. The minimum Gasteiger partial charge on any atom is -0.356 e. The topological polar surface area (TPSA) is 93.2 Å². The lowest BCUT2D eigenvalue weighted by atomic mass is 9.97. The van der Waals surface area contributed by atoms with Crippen LogP contribution in [-0.4, -0.2) is 54.9 Å². The minimum absolute atomic E-state index is 0.00787. The van der Waals surface area contributed by atoms with Crippen LogP contribution in [0.1, 0.15) is 25.1 Å². The molecule has 9 heteroatoms. The molecule has 0 bridgehead atoms. The Hall–Kier alpha value is -2.97. The average Bonchev–Trinajstić information content (AvgIpc) is 3.35. The van der Waals surface area contributed by atoms with Crippen LogP contribution in [0.25, 0.3) is 5.65 Å². The third kappa shape index (κ3) is 3.91. The molecule has 1 saturated heterocycles. The first-order valence-electron chi connectivity index (χ1n) is 9.38. The van der Waals surface area contributed by atoms with Crippen LogP contribution in [0.3, 0.4) is 0 Å². The highest BCUT2D eigenvalue weighted by molar-refractivity contribution is 5.79. The SMILES string of the molecule is Cc1nnc2ccc(N3CCCC(C(=O)NCCCn4ccnc4)C3)nn12. The largest absolute Gasteiger partial charge is 0.356 e. The molecule has 1 aliphatic rings. The summed E-state index contributed by atoms with van der Waals surface area (Å²) < 4.78 is 3.76. The number of fused-ring (bicyclic) bond motifs is 1. The maximum absolute atomic E-state index is 12.6. The molecule has 0 spiro atoms. The standard InChI is InChI=1S/C18H24N8O/c1-14-21-22-16-5-6-17(23-26(14)16)25-10-2-4-15(12-25)18(27)20-7-3-9-24-11-8-19-13-24/h5-6,8,11,13,15H,2-4,7,9-10,12H2,1H3,(H,20,27). The molecular weight excluding hydrogens is 344 g/mol. The second-order valence-electron chi connectivity index (χ2n) is 6.94. The normalized spacial score (nSPS) is 17.4. The van der Waals surface area contributed by atoms with Gasteiger partial charge in [-0.3, -0.25) is 4.79 Å². The van der Waals surface area contributed by atoms with Crippen LogP contribution in [0.5, 0.6) is 0 Å². The number of aryl methyl sites for hydroxylation is 2. The van der Waals surface area contributed by atoms with E-state index in [0.717, 1.165) is 49.6 Å². The zero-order chi connectivity index (χ0) is 18.6. The number of carbonyl (C=O) groups is 1. The summed E-state index contributed by atoms with van der Waals surface area (Å²) in [6.45, 7) is 5.01. The van der Waals surface area contributed by atoms with Crippen molar-refractivity contribution in [2.75, 3.05) is 24.5 Å². The molecule has 4 rings (SSSR count). The third-order valence-corrected chi connectivity index (χ3v) is 4.97. The zero-order valence-corrected chi connectivity index (χ0v) is 15.5. The zero-order valence-electron chi connectivity index (χ0n) is 15.5. The molecule has 1 atom stereocenters. The van der Waals surface area contributed by atoms with E-state index in [-0.39, 0.29) is 11.8 Å². The fraction of sp³-hybridized carbons (Fsp3) is 0.500. The van der Waals surface area contributed by atoms with Gasteiger partial charge in [-0.25, -0.2) is 4.98 Å². The first-order chi connectivity index (χ1) is 13.2. The van der Waals surface area contributed by atoms with Gasteiger partial charge in [-0.1, -0.05) is 0 Å². The van der Waals surface area contributed by atoms with E-state index in [1.54, 1.807) is 17.0 Å². The fourth-order valence-corrected chi connectivity index (χ4v) is 3.49. The van der Waals surface area contributed by atoms with E-state index >= 15 is 0 Å². The summed E-state index contributed by atoms with van der Waals surface area (Å²) >= 11 is 0. The van der Waals surface area contributed by atoms with Gasteiger partial charge in [0.1, 0.15) is 5.82 Å². The Bertz CT molecular complexity index is 903. The Balaban J connectivity index is 1.32. The Morgan fingerprint density at radius 3 is 3.11 bits per heavy atom. The molecule has 9 nitrogen and oxygen atoms in total. The van der Waals surface area contributed by atoms with Crippen molar-refractivity contribution in [3.8, 4) is 0 Å². The smallest absolute Gasteiger partial charge is 0.224 e. The number of hydrogen-bond donors (Lipinski definition) is 1. The number of carbonyl (C=O) groups excluding carboxylic acids is 1. The second-order valence-corrected chi connectivity index (χ2v) is 6.94. The van der Waals surface area contributed by atoms with Crippen LogP contribution in [0.15, 0.2) is 30.9 Å². The maximum atomic E-state index is 12.6. The number of rotatable bonds is 6. The lowest BCUT2D eigenvalue weighted by molar-refractivity contribution is -0.125. The van der Waals surface area contributed by atoms with Gasteiger partial charge in [-0.05, 0) is 38.3 Å². The molecule has 0 radical (unpaired) electrons. The van der Waals surface area contributed by atoms with Crippen LogP contribution in [0, 0.1) is 12.8 Å². The van der Waals surface area contributed by atoms with E-state index in [1.165, 1.54) is 0 Å². The van der Waals surface area contributed by atoms with Gasteiger partial charge >= 0.3 is 0 Å². The predicted molar refractivity (Wildman–Crippen MR) is 100 cm³/mol. The van der Waals surface area contributed by atoms with Crippen LogP contribution in [0.2, 0.25) is 0 Å². The van der Waals surface area contributed by atoms with E-state index in [4.69, 9.17) is 0 Å². The Morgan fingerprint density at radius 1 is 1.33 bits per heavy atom. The number of anilines is 1. The highest BCUT2D eigenvalue weighted by atomic mass is 16.1. The summed E-state index contributed by atoms with van der Waals surface area (Å²) in [6.07, 6.45) is 8.28. The van der Waals surface area contributed by atoms with Crippen molar-refractivity contribution in [1.29, 1.82) is 0 Å². The lowest BCUT2D eigenvalue weighted by Gasteiger charge is -2.32. The Morgan fingerprint density at radius 2 is 2.26 bits per heavy atom. The van der Waals surface area contributed by atoms with Gasteiger partial charge in [-0.15, -0.1) is 15.3 Å². The number of piperidine rings is 1. The summed E-state index contributed by atoms with van der Waals surface area (Å²) in [5.74, 6) is 1.75. The molecular formula is C18H24N8O. The Labute approximate surface area is 157 Å². The molecule has 3 aromatic rings. The highest BCUT2D eigenvalue weighted by Crippen LogP contribution is 2.22. The first-order valence-corrected chi connectivity index (χ1v) is 9.38. The number of nitrogens with zero attached hydrogens (tertiary/aromatic N) is 7. The molecule has 4 heterocycles. The van der Waals surface area contributed by atoms with Crippen molar-refractivity contribution in [3.05, 3.63) is 36.7 Å². The van der Waals surface area contributed by atoms with Crippen molar-refractivity contribution in [2.45, 2.75) is 32.7 Å². The van der Waals surface area contributed by atoms with E-state index < -0.39 is 0 Å². The van der Waals surface area contributed by atoms with Gasteiger partial charge in [0.25, 0.3) is 0 Å². The van der Waals surface area contributed by atoms with E-state index in [0.29, 0.717) is 13.1 Å². The van der Waals surface area contributed by atoms with Crippen molar-refractivity contribution >= 4 is 17.4 Å².